The molecular weight excluding hydrogens is 310 g/mol. The number of ether oxygens (including phenoxy) is 1. The van der Waals surface area contributed by atoms with Gasteiger partial charge in [0.15, 0.2) is 5.71 Å². The van der Waals surface area contributed by atoms with Gasteiger partial charge in [0.05, 0.1) is 5.56 Å². The number of primary amides is 1. The fourth-order valence-electron chi connectivity index (χ4n) is 1.53. The van der Waals surface area contributed by atoms with Gasteiger partial charge < -0.3 is 15.3 Å². The van der Waals surface area contributed by atoms with Crippen molar-refractivity contribution in [3.8, 4) is 10.9 Å². The highest BCUT2D eigenvalue weighted by Crippen LogP contribution is 2.26. The van der Waals surface area contributed by atoms with E-state index in [2.05, 4.69) is 19.4 Å². The summed E-state index contributed by atoms with van der Waals surface area (Å²) in [4.78, 5) is 31.4. The second-order valence-electron chi connectivity index (χ2n) is 3.75. The summed E-state index contributed by atoms with van der Waals surface area (Å²) >= 11 is 1.04. The molecule has 22 heavy (non-hydrogen) atoms. The molecule has 0 bridgehead atoms. The summed E-state index contributed by atoms with van der Waals surface area (Å²) < 4.78 is 9.36. The van der Waals surface area contributed by atoms with Crippen molar-refractivity contribution in [2.45, 2.75) is 0 Å². The number of hydrogen-bond donors (Lipinski definition) is 2. The fourth-order valence-corrected chi connectivity index (χ4v) is 1.93. The zero-order valence-electron chi connectivity index (χ0n) is 11.3. The lowest BCUT2D eigenvalue weighted by molar-refractivity contribution is -0.113. The number of carbonyl (C=O) groups excluding carboxylic acids is 2. The van der Waals surface area contributed by atoms with Gasteiger partial charge in [0.1, 0.15) is 19.2 Å². The number of benzene rings is 1. The van der Waals surface area contributed by atoms with E-state index in [0.717, 1.165) is 11.5 Å². The Morgan fingerprint density at radius 1 is 1.36 bits per heavy atom. The minimum Gasteiger partial charge on any atom is -0.429 e. The molecular formula is C12H11N5O4S. The van der Waals surface area contributed by atoms with Crippen LogP contribution in [0.2, 0.25) is 0 Å². The highest BCUT2D eigenvalue weighted by molar-refractivity contribution is 7.07. The third kappa shape index (κ3) is 3.76. The first kappa shape index (κ1) is 15.4. The Bertz CT molecular complexity index is 701. The zero-order valence-corrected chi connectivity index (χ0v) is 12.2. The summed E-state index contributed by atoms with van der Waals surface area (Å²) in [7, 11) is 1.27. The number of urea groups is 1. The van der Waals surface area contributed by atoms with E-state index < -0.39 is 11.9 Å². The third-order valence-corrected chi connectivity index (χ3v) is 2.86. The Morgan fingerprint density at radius 2 is 2.14 bits per heavy atom. The summed E-state index contributed by atoms with van der Waals surface area (Å²) in [6.45, 7) is 0. The number of amides is 3. The van der Waals surface area contributed by atoms with Crippen molar-refractivity contribution in [3.05, 3.63) is 36.2 Å². The topological polar surface area (TPSA) is 129 Å². The fraction of sp³-hybridized carbons (Fsp3) is 0.0833. The Balaban J connectivity index is 2.37. The number of carbonyl (C=O) groups is 2. The molecule has 1 heterocycles. The molecule has 0 unspecified atom stereocenters. The molecule has 1 aromatic heterocycles. The number of hydrogen-bond acceptors (Lipinski definition) is 8. The molecule has 0 spiro atoms. The van der Waals surface area contributed by atoms with Crippen LogP contribution in [0.25, 0.3) is 0 Å². The molecule has 114 valence electrons. The molecule has 0 atom stereocenters. The Morgan fingerprint density at radius 3 is 2.77 bits per heavy atom. The van der Waals surface area contributed by atoms with Crippen LogP contribution in [-0.2, 0) is 9.63 Å². The maximum Gasteiger partial charge on any atom is 0.319 e. The SMILES string of the molecule is CO/N=C(/C(=O)NC(N)=O)c1ccccc1Oc1ncns1. The van der Waals surface area contributed by atoms with E-state index >= 15 is 0 Å². The number of imide groups is 1. The molecule has 3 N–H and O–H groups in total. The number of nitrogens with zero attached hydrogens (tertiary/aromatic N) is 3. The first-order valence-corrected chi connectivity index (χ1v) is 6.65. The lowest BCUT2D eigenvalue weighted by Gasteiger charge is -2.10. The Kier molecular flexibility index (Phi) is 4.98. The predicted octanol–water partition coefficient (Wildman–Crippen LogP) is 0.876. The van der Waals surface area contributed by atoms with Gasteiger partial charge >= 0.3 is 6.03 Å². The van der Waals surface area contributed by atoms with Gasteiger partial charge in [-0.3, -0.25) is 10.1 Å². The van der Waals surface area contributed by atoms with E-state index in [9.17, 15) is 9.59 Å². The Hall–Kier alpha value is -3.01. The van der Waals surface area contributed by atoms with Gasteiger partial charge in [-0.1, -0.05) is 17.3 Å². The minimum atomic E-state index is -1.00. The number of oxime groups is 1. The van der Waals surface area contributed by atoms with Crippen LogP contribution in [0.1, 0.15) is 5.56 Å². The van der Waals surface area contributed by atoms with Gasteiger partial charge in [0.2, 0.25) is 0 Å². The van der Waals surface area contributed by atoms with E-state index in [1.807, 2.05) is 5.32 Å². The van der Waals surface area contributed by atoms with Gasteiger partial charge in [-0.25, -0.2) is 4.79 Å². The quantitative estimate of drug-likeness (QED) is 0.621. The second-order valence-corrected chi connectivity index (χ2v) is 4.49. The second kappa shape index (κ2) is 7.13. The maximum atomic E-state index is 12.0. The van der Waals surface area contributed by atoms with Crippen molar-refractivity contribution in [2.24, 2.45) is 10.9 Å². The molecule has 3 amide bonds. The van der Waals surface area contributed by atoms with Gasteiger partial charge in [0.25, 0.3) is 11.1 Å². The van der Waals surface area contributed by atoms with E-state index in [1.54, 1.807) is 24.3 Å². The predicted molar refractivity (Wildman–Crippen MR) is 77.7 cm³/mol. The van der Waals surface area contributed by atoms with Crippen molar-refractivity contribution in [1.29, 1.82) is 0 Å². The molecule has 1 aromatic carbocycles. The first-order chi connectivity index (χ1) is 10.6. The molecule has 10 heteroatoms. The van der Waals surface area contributed by atoms with Crippen LogP contribution >= 0.6 is 11.5 Å². The van der Waals surface area contributed by atoms with E-state index in [-0.39, 0.29) is 5.71 Å². The smallest absolute Gasteiger partial charge is 0.319 e. The molecule has 0 fully saturated rings. The normalized spacial score (nSPS) is 10.9. The Labute approximate surface area is 128 Å². The summed E-state index contributed by atoms with van der Waals surface area (Å²) in [5.41, 5.74) is 5.08. The number of nitrogens with two attached hydrogens (primary N) is 1. The van der Waals surface area contributed by atoms with Crippen molar-refractivity contribution in [3.63, 3.8) is 0 Å². The minimum absolute atomic E-state index is 0.165. The highest BCUT2D eigenvalue weighted by atomic mass is 32.1. The highest BCUT2D eigenvalue weighted by Gasteiger charge is 2.21. The van der Waals surface area contributed by atoms with Crippen molar-refractivity contribution in [2.75, 3.05) is 7.11 Å². The van der Waals surface area contributed by atoms with Crippen LogP contribution in [-0.4, -0.2) is 34.1 Å². The summed E-state index contributed by atoms with van der Waals surface area (Å²) in [5, 5.41) is 5.83. The lowest BCUT2D eigenvalue weighted by Crippen LogP contribution is -2.40. The number of nitrogens with one attached hydrogen (secondary N) is 1. The molecule has 0 aliphatic carbocycles. The summed E-state index contributed by atoms with van der Waals surface area (Å²) in [6.07, 6.45) is 1.34. The van der Waals surface area contributed by atoms with Crippen LogP contribution in [0.4, 0.5) is 4.79 Å². The number of rotatable bonds is 5. The molecule has 0 aliphatic rings. The standard InChI is InChI=1S/C12H11N5O4S/c1-20-17-9(10(18)16-11(13)19)7-4-2-3-5-8(7)21-12-14-6-15-22-12/h2-6H,1H3,(H3,13,16,18,19)/b17-9+. The maximum absolute atomic E-state index is 12.0. The number of aromatic nitrogens is 2. The van der Waals surface area contributed by atoms with Gasteiger partial charge in [-0.15, -0.1) is 0 Å². The zero-order chi connectivity index (χ0) is 15.9. The van der Waals surface area contributed by atoms with Crippen LogP contribution in [0.15, 0.2) is 35.7 Å². The first-order valence-electron chi connectivity index (χ1n) is 5.87. The van der Waals surface area contributed by atoms with Crippen LogP contribution in [0, 0.1) is 0 Å². The van der Waals surface area contributed by atoms with Crippen LogP contribution in [0.5, 0.6) is 10.9 Å². The van der Waals surface area contributed by atoms with Crippen LogP contribution < -0.4 is 15.8 Å². The third-order valence-electron chi connectivity index (χ3n) is 2.31. The van der Waals surface area contributed by atoms with E-state index in [1.165, 1.54) is 13.4 Å². The summed E-state index contributed by atoms with van der Waals surface area (Å²) in [5.74, 6) is -0.516. The molecule has 0 saturated carbocycles. The average molecular weight is 321 g/mol. The van der Waals surface area contributed by atoms with Crippen LogP contribution in [0.3, 0.4) is 0 Å². The van der Waals surface area contributed by atoms with E-state index in [4.69, 9.17) is 10.5 Å². The average Bonchev–Trinajstić information content (AvgIpc) is 2.98. The molecule has 0 saturated heterocycles. The molecule has 0 radical (unpaired) electrons. The molecule has 9 nitrogen and oxygen atoms in total. The number of para-hydroxylation sites is 1. The lowest BCUT2D eigenvalue weighted by atomic mass is 10.1. The van der Waals surface area contributed by atoms with Crippen molar-refractivity contribution in [1.82, 2.24) is 14.7 Å². The largest absolute Gasteiger partial charge is 0.429 e. The van der Waals surface area contributed by atoms with Crippen molar-refractivity contribution < 1.29 is 19.2 Å². The van der Waals surface area contributed by atoms with Gasteiger partial charge in [-0.05, 0) is 12.1 Å². The molecule has 0 aliphatic heterocycles. The molecule has 2 rings (SSSR count). The molecule has 2 aromatic rings. The van der Waals surface area contributed by atoms with E-state index in [0.29, 0.717) is 16.5 Å². The monoisotopic (exact) mass is 321 g/mol. The summed E-state index contributed by atoms with van der Waals surface area (Å²) in [6, 6.07) is 5.56. The van der Waals surface area contributed by atoms with Gasteiger partial charge in [-0.2, -0.15) is 9.36 Å². The van der Waals surface area contributed by atoms with Crippen molar-refractivity contribution >= 4 is 29.2 Å². The van der Waals surface area contributed by atoms with Gasteiger partial charge in [0, 0.05) is 11.5 Å².